The fourth-order valence-electron chi connectivity index (χ4n) is 4.62. The maximum absolute atomic E-state index is 13.4. The van der Waals surface area contributed by atoms with Gasteiger partial charge in [-0.3, -0.25) is 14.6 Å². The predicted molar refractivity (Wildman–Crippen MR) is 135 cm³/mol. The number of Topliss-reactive ketones (excluding diaryl/α,β-unsaturated/α-hetero) is 1. The van der Waals surface area contributed by atoms with Gasteiger partial charge in [0.05, 0.1) is 18.5 Å². The summed E-state index contributed by atoms with van der Waals surface area (Å²) in [7, 11) is 0. The topological polar surface area (TPSA) is 166 Å². The summed E-state index contributed by atoms with van der Waals surface area (Å²) in [6, 6.07) is 5.76. The molecule has 1 fully saturated rings. The van der Waals surface area contributed by atoms with Crippen LogP contribution in [0.4, 0.5) is 16.0 Å². The van der Waals surface area contributed by atoms with Gasteiger partial charge in [0.1, 0.15) is 28.7 Å². The number of aryl methyl sites for hydroxylation is 1. The lowest BCUT2D eigenvalue weighted by Crippen LogP contribution is -2.55. The predicted octanol–water partition coefficient (Wildman–Crippen LogP) is 2.65. The van der Waals surface area contributed by atoms with Gasteiger partial charge in [0.2, 0.25) is 0 Å². The van der Waals surface area contributed by atoms with Crippen LogP contribution in [0.5, 0.6) is 0 Å². The number of halogens is 2. The Labute approximate surface area is 216 Å². The second-order valence-electron chi connectivity index (χ2n) is 9.16. The first-order valence-corrected chi connectivity index (χ1v) is 12.0. The summed E-state index contributed by atoms with van der Waals surface area (Å²) in [6.07, 6.45) is 1.22. The van der Waals surface area contributed by atoms with Crippen LogP contribution in [-0.2, 0) is 0 Å². The van der Waals surface area contributed by atoms with Crippen molar-refractivity contribution in [2.24, 2.45) is 4.99 Å². The number of carbonyl (C=O) groups is 2. The number of anilines is 2. The smallest absolute Gasteiger partial charge is 0.259 e. The number of benzene rings is 1. The highest BCUT2D eigenvalue weighted by Crippen LogP contribution is 2.31. The van der Waals surface area contributed by atoms with Crippen LogP contribution >= 0.6 is 11.6 Å². The molecule has 0 saturated carbocycles. The summed E-state index contributed by atoms with van der Waals surface area (Å²) in [4.78, 5) is 40.2. The summed E-state index contributed by atoms with van der Waals surface area (Å²) < 4.78 is 18.7. The van der Waals surface area contributed by atoms with Crippen LogP contribution in [-0.4, -0.2) is 62.7 Å². The van der Waals surface area contributed by atoms with Crippen LogP contribution in [0, 0.1) is 12.7 Å². The molecule has 0 unspecified atom stereocenters. The van der Waals surface area contributed by atoms with E-state index in [0.29, 0.717) is 60.9 Å². The van der Waals surface area contributed by atoms with Crippen LogP contribution in [0.3, 0.4) is 0 Å². The number of aromatic nitrogens is 3. The van der Waals surface area contributed by atoms with Gasteiger partial charge >= 0.3 is 0 Å². The number of rotatable bonds is 5. The van der Waals surface area contributed by atoms with E-state index in [2.05, 4.69) is 25.4 Å². The van der Waals surface area contributed by atoms with Crippen molar-refractivity contribution in [3.8, 4) is 11.3 Å². The molecule has 5 N–H and O–H groups in total. The minimum Gasteiger partial charge on any atom is -0.382 e. The molecule has 1 spiro atoms. The van der Waals surface area contributed by atoms with Crippen molar-refractivity contribution < 1.29 is 18.5 Å². The van der Waals surface area contributed by atoms with Crippen LogP contribution in [0.2, 0.25) is 5.15 Å². The van der Waals surface area contributed by atoms with E-state index in [4.69, 9.17) is 27.6 Å². The summed E-state index contributed by atoms with van der Waals surface area (Å²) >= 11 is 5.89. The third kappa shape index (κ3) is 4.71. The number of nitrogens with one attached hydrogen (secondary N) is 1. The van der Waals surface area contributed by atoms with Gasteiger partial charge < -0.3 is 26.2 Å². The number of nitrogens with zero attached hydrogens (tertiary/aromatic N) is 5. The van der Waals surface area contributed by atoms with Crippen molar-refractivity contribution >= 4 is 40.8 Å². The maximum Gasteiger partial charge on any atom is 0.259 e. The Morgan fingerprint density at radius 2 is 1.86 bits per heavy atom. The first-order chi connectivity index (χ1) is 17.7. The highest BCUT2D eigenvalue weighted by molar-refractivity contribution is 6.31. The number of hydrogen-bond acceptors (Lipinski definition) is 10. The normalized spacial score (nSPS) is 16.5. The van der Waals surface area contributed by atoms with Gasteiger partial charge in [-0.1, -0.05) is 16.8 Å². The number of ketones is 1. The Morgan fingerprint density at radius 3 is 2.57 bits per heavy atom. The van der Waals surface area contributed by atoms with Crippen LogP contribution < -0.4 is 16.8 Å². The SMILES string of the molecule is Cc1onc(-c2ccc(F)cc2)c1C(=O)N1CCC2(CC1)CN=C(CC(=O)c1nc(Cl)c(N)nc1N)N2. The number of carbonyl (C=O) groups excluding carboxylic acids is 2. The molecule has 0 bridgehead atoms. The van der Waals surface area contributed by atoms with Crippen molar-refractivity contribution in [2.75, 3.05) is 31.1 Å². The minimum absolute atomic E-state index is 0.0373. The molecule has 11 nitrogen and oxygen atoms in total. The lowest BCUT2D eigenvalue weighted by molar-refractivity contribution is 0.0667. The van der Waals surface area contributed by atoms with Gasteiger partial charge in [-0.25, -0.2) is 14.4 Å². The van der Waals surface area contributed by atoms with Crippen LogP contribution in [0.1, 0.15) is 45.9 Å². The number of likely N-dealkylation sites (tertiary alicyclic amines) is 1. The Balaban J connectivity index is 1.22. The molecule has 1 aromatic carbocycles. The van der Waals surface area contributed by atoms with Crippen molar-refractivity contribution in [3.05, 3.63) is 52.3 Å². The molecule has 0 radical (unpaired) electrons. The standard InChI is InChI=1S/C24H24ClFN8O3/c1-12-17(18(33-37-12)13-2-4-14(26)5-3-13)23(36)34-8-6-24(7-9-34)11-29-16(32-24)10-15(35)19-21(27)31-22(28)20(25)30-19/h2-5H,6-11H2,1H3,(H,29,32)(H4,27,28,31). The summed E-state index contributed by atoms with van der Waals surface area (Å²) in [6.45, 7) is 3.11. The van der Waals surface area contributed by atoms with E-state index >= 15 is 0 Å². The molecule has 1 amide bonds. The summed E-state index contributed by atoms with van der Waals surface area (Å²) in [5, 5.41) is 7.33. The van der Waals surface area contributed by atoms with E-state index in [9.17, 15) is 14.0 Å². The largest absolute Gasteiger partial charge is 0.382 e. The van der Waals surface area contributed by atoms with Crippen molar-refractivity contribution in [1.82, 2.24) is 25.3 Å². The number of piperidine rings is 1. The van der Waals surface area contributed by atoms with Gasteiger partial charge in [-0.2, -0.15) is 0 Å². The lowest BCUT2D eigenvalue weighted by Gasteiger charge is -2.39. The Hall–Kier alpha value is -4.06. The molecular weight excluding hydrogens is 503 g/mol. The molecule has 2 aromatic heterocycles. The Morgan fingerprint density at radius 1 is 1.16 bits per heavy atom. The van der Waals surface area contributed by atoms with E-state index in [1.807, 2.05) is 0 Å². The summed E-state index contributed by atoms with van der Waals surface area (Å²) in [5.74, 6) is -0.158. The molecule has 0 atom stereocenters. The van der Waals surface area contributed by atoms with E-state index < -0.39 is 0 Å². The number of nitrogen functional groups attached to an aromatic ring is 2. The van der Waals surface area contributed by atoms with Crippen molar-refractivity contribution in [3.63, 3.8) is 0 Å². The fourth-order valence-corrected chi connectivity index (χ4v) is 4.75. The van der Waals surface area contributed by atoms with Crippen LogP contribution in [0.25, 0.3) is 11.3 Å². The van der Waals surface area contributed by atoms with E-state index in [0.717, 1.165) is 0 Å². The zero-order valence-corrected chi connectivity index (χ0v) is 20.7. The fraction of sp³-hybridized carbons (Fsp3) is 0.333. The van der Waals surface area contributed by atoms with Crippen molar-refractivity contribution in [1.29, 1.82) is 0 Å². The Kier molecular flexibility index (Phi) is 6.28. The van der Waals surface area contributed by atoms with Gasteiger partial charge in [0.15, 0.2) is 28.3 Å². The third-order valence-electron chi connectivity index (χ3n) is 6.68. The van der Waals surface area contributed by atoms with E-state index in [-0.39, 0.29) is 52.0 Å². The van der Waals surface area contributed by atoms with Crippen molar-refractivity contribution in [2.45, 2.75) is 31.7 Å². The highest BCUT2D eigenvalue weighted by Gasteiger charge is 2.41. The van der Waals surface area contributed by atoms with Gasteiger partial charge in [-0.15, -0.1) is 0 Å². The molecule has 3 aromatic rings. The molecule has 37 heavy (non-hydrogen) atoms. The third-order valence-corrected chi connectivity index (χ3v) is 6.96. The average molecular weight is 527 g/mol. The second-order valence-corrected chi connectivity index (χ2v) is 9.52. The lowest BCUT2D eigenvalue weighted by atomic mass is 9.87. The zero-order valence-electron chi connectivity index (χ0n) is 19.9. The first kappa shape index (κ1) is 24.6. The number of nitrogens with two attached hydrogens (primary N) is 2. The molecule has 4 heterocycles. The zero-order chi connectivity index (χ0) is 26.3. The maximum atomic E-state index is 13.4. The summed E-state index contributed by atoms with van der Waals surface area (Å²) in [5.41, 5.74) is 12.3. The first-order valence-electron chi connectivity index (χ1n) is 11.6. The molecule has 2 aliphatic heterocycles. The van der Waals surface area contributed by atoms with E-state index in [1.54, 1.807) is 24.0 Å². The molecule has 1 saturated heterocycles. The highest BCUT2D eigenvalue weighted by atomic mass is 35.5. The molecular formula is C24H24ClFN8O3. The second kappa shape index (κ2) is 9.43. The van der Waals surface area contributed by atoms with Gasteiger partial charge in [-0.05, 0) is 44.0 Å². The molecule has 5 rings (SSSR count). The minimum atomic E-state index is -0.376. The van der Waals surface area contributed by atoms with Crippen LogP contribution in [0.15, 0.2) is 33.8 Å². The molecule has 2 aliphatic rings. The molecule has 13 heteroatoms. The van der Waals surface area contributed by atoms with Gasteiger partial charge in [0, 0.05) is 18.7 Å². The molecule has 192 valence electrons. The monoisotopic (exact) mass is 526 g/mol. The number of amides is 1. The number of aliphatic imine (C=N–C) groups is 1. The average Bonchev–Trinajstić information content (AvgIpc) is 3.45. The van der Waals surface area contributed by atoms with E-state index in [1.165, 1.54) is 12.1 Å². The molecule has 0 aliphatic carbocycles. The Bertz CT molecular complexity index is 1410. The van der Waals surface area contributed by atoms with Gasteiger partial charge in [0.25, 0.3) is 5.91 Å². The quantitative estimate of drug-likeness (QED) is 0.423. The number of hydrogen-bond donors (Lipinski definition) is 3. The number of amidine groups is 1.